The van der Waals surface area contributed by atoms with Crippen molar-refractivity contribution in [2.75, 3.05) is 24.3 Å². The van der Waals surface area contributed by atoms with E-state index in [1.54, 1.807) is 18.2 Å². The van der Waals surface area contributed by atoms with Gasteiger partial charge in [0.05, 0.1) is 23.6 Å². The Morgan fingerprint density at radius 1 is 0.760 bits per heavy atom. The zero-order valence-corrected chi connectivity index (χ0v) is 30.4. The molecule has 5 aromatic carbocycles. The van der Waals surface area contributed by atoms with Crippen LogP contribution >= 0.6 is 13.5 Å². The number of aliphatic hydroxyl groups excluding tert-OH is 3. The van der Waals surface area contributed by atoms with E-state index in [4.69, 9.17) is 15.0 Å². The Labute approximate surface area is 301 Å². The van der Waals surface area contributed by atoms with Crippen molar-refractivity contribution in [2.45, 2.75) is 32.4 Å². The number of halogens is 1. The van der Waals surface area contributed by atoms with Gasteiger partial charge in [-0.15, -0.1) is 0 Å². The number of nitrogens with zero attached hydrogens (tertiary/aromatic N) is 1. The summed E-state index contributed by atoms with van der Waals surface area (Å²) < 4.78 is 39.0. The number of benzene rings is 5. The average Bonchev–Trinajstić information content (AvgIpc) is 3.14. The van der Waals surface area contributed by atoms with E-state index >= 15 is 0 Å². The summed E-state index contributed by atoms with van der Waals surface area (Å²) in [7, 11) is -1.41. The monoisotopic (exact) mass is 723 g/mol. The molecule has 6 rings (SSSR count). The number of aliphatic hydroxyl groups is 3. The minimum absolute atomic E-state index is 0. The van der Waals surface area contributed by atoms with Gasteiger partial charge in [-0.3, -0.25) is 4.31 Å². The zero-order valence-electron chi connectivity index (χ0n) is 28.6. The molecule has 2 unspecified atom stereocenters. The molecule has 1 fully saturated rings. The van der Waals surface area contributed by atoms with Gasteiger partial charge in [0.1, 0.15) is 18.4 Å². The maximum absolute atomic E-state index is 12.6. The first-order chi connectivity index (χ1) is 23.7. The van der Waals surface area contributed by atoms with E-state index in [1.165, 1.54) is 22.0 Å². The topological polar surface area (TPSA) is 135 Å². The number of hydrogen-bond donors (Lipinski definition) is 4. The lowest BCUT2D eigenvalue weighted by atomic mass is 9.99. The highest BCUT2D eigenvalue weighted by atomic mass is 32.2. The highest BCUT2D eigenvalue weighted by Gasteiger charge is 2.45. The molecule has 268 valence electrons. The van der Waals surface area contributed by atoms with Gasteiger partial charge >= 0.3 is 0 Å². The number of sulfonamides is 1. The minimum Gasteiger partial charge on any atom is -0.508 e. The summed E-state index contributed by atoms with van der Waals surface area (Å²) in [5, 5.41) is 34.0. The lowest BCUT2D eigenvalue weighted by molar-refractivity contribution is -0.0980. The fourth-order valence-electron chi connectivity index (χ4n) is 5.12. The van der Waals surface area contributed by atoms with Crippen molar-refractivity contribution in [3.8, 4) is 28.0 Å². The zero-order chi connectivity index (χ0) is 36.6. The van der Waals surface area contributed by atoms with Crippen LogP contribution in [0.2, 0.25) is 0 Å². The number of carbonyl (C=O) groups is 1. The number of anilines is 1. The second-order valence-corrected chi connectivity index (χ2v) is 12.5. The summed E-state index contributed by atoms with van der Waals surface area (Å²) in [6, 6.07) is 36.5. The number of carbonyl (C=O) groups excluding carboxylic acids is 1. The van der Waals surface area contributed by atoms with E-state index < -0.39 is 22.2 Å². The standard InChI is InChI=1S/C27H23NO3S.C9H11FO.2CH4O.CH2O.H2S/c1-19-7-9-22(10-8-19)23-13-16-25(27(29)17-23)26-18-32(30,31)28(26)24-14-11-21(12-15-24)20-5-3-2-4-6-20;1-2-9(11)7-3-5-8(10)6-4-7;3*1-2;/h2-17,26,29H,18H2,1H3;3-6,9,11H,2H2,1H3;2*2H,1H3;1H2;1H2. The lowest BCUT2D eigenvalue weighted by Crippen LogP contribution is -2.50. The number of aromatic hydroxyl groups is 1. The molecule has 0 aliphatic carbocycles. The van der Waals surface area contributed by atoms with E-state index in [0.717, 1.165) is 42.0 Å². The van der Waals surface area contributed by atoms with Crippen LogP contribution in [0.4, 0.5) is 10.1 Å². The van der Waals surface area contributed by atoms with E-state index in [9.17, 15) is 23.0 Å². The number of aryl methyl sites for hydroxylation is 1. The highest BCUT2D eigenvalue weighted by molar-refractivity contribution is 7.94. The summed E-state index contributed by atoms with van der Waals surface area (Å²) >= 11 is 0. The first-order valence-corrected chi connectivity index (χ1v) is 17.0. The Bertz CT molecular complexity index is 1810. The Balaban J connectivity index is 0.000000586. The largest absolute Gasteiger partial charge is 0.508 e. The fraction of sp³-hybridized carbons (Fsp3) is 0.205. The normalized spacial score (nSPS) is 14.1. The Morgan fingerprint density at radius 3 is 1.74 bits per heavy atom. The van der Waals surface area contributed by atoms with E-state index in [0.29, 0.717) is 17.7 Å². The van der Waals surface area contributed by atoms with Crippen LogP contribution in [-0.2, 0) is 14.8 Å². The second-order valence-electron chi connectivity index (χ2n) is 10.6. The molecule has 0 bridgehead atoms. The number of phenolic OH excluding ortho intramolecular Hbond substituents is 1. The van der Waals surface area contributed by atoms with Crippen molar-refractivity contribution in [1.29, 1.82) is 0 Å². The summed E-state index contributed by atoms with van der Waals surface area (Å²) in [6.07, 6.45) is 0.196. The van der Waals surface area contributed by atoms with Crippen LogP contribution in [0.1, 0.15) is 42.2 Å². The predicted molar refractivity (Wildman–Crippen MR) is 205 cm³/mol. The molecule has 8 nitrogen and oxygen atoms in total. The van der Waals surface area contributed by atoms with Gasteiger partial charge in [0.25, 0.3) is 0 Å². The smallest absolute Gasteiger partial charge is 0.238 e. The van der Waals surface area contributed by atoms with E-state index in [1.807, 2.05) is 112 Å². The molecular weight excluding hydrogens is 678 g/mol. The molecule has 0 amide bonds. The molecule has 0 saturated carbocycles. The average molecular weight is 724 g/mol. The van der Waals surface area contributed by atoms with Gasteiger partial charge in [-0.2, -0.15) is 13.5 Å². The predicted octanol–water partition coefficient (Wildman–Crippen LogP) is 7.34. The van der Waals surface area contributed by atoms with Gasteiger partial charge in [0.2, 0.25) is 10.0 Å². The van der Waals surface area contributed by atoms with Crippen LogP contribution in [0, 0.1) is 12.7 Å². The van der Waals surface area contributed by atoms with Gasteiger partial charge in [0, 0.05) is 19.8 Å². The first-order valence-electron chi connectivity index (χ1n) is 15.4. The van der Waals surface area contributed by atoms with Crippen LogP contribution in [0.15, 0.2) is 121 Å². The third-order valence-corrected chi connectivity index (χ3v) is 9.40. The van der Waals surface area contributed by atoms with Crippen LogP contribution in [0.5, 0.6) is 5.75 Å². The van der Waals surface area contributed by atoms with Crippen molar-refractivity contribution < 1.29 is 38.0 Å². The first kappa shape index (κ1) is 43.5. The quantitative estimate of drug-likeness (QED) is 0.144. The molecule has 1 heterocycles. The summed E-state index contributed by atoms with van der Waals surface area (Å²) in [5.41, 5.74) is 7.16. The highest BCUT2D eigenvalue weighted by Crippen LogP contribution is 2.44. The molecule has 0 spiro atoms. The van der Waals surface area contributed by atoms with Crippen LogP contribution in [0.25, 0.3) is 22.3 Å². The molecule has 1 aliphatic heterocycles. The van der Waals surface area contributed by atoms with Crippen molar-refractivity contribution in [2.24, 2.45) is 0 Å². The molecule has 0 radical (unpaired) electrons. The lowest BCUT2D eigenvalue weighted by Gasteiger charge is -2.42. The number of rotatable bonds is 6. The van der Waals surface area contributed by atoms with Gasteiger partial charge in [0.15, 0.2) is 0 Å². The third kappa shape index (κ3) is 11.3. The number of phenols is 1. The maximum Gasteiger partial charge on any atom is 0.238 e. The molecule has 5 aromatic rings. The minimum atomic E-state index is -3.41. The molecular formula is C39H46FNO7S2. The van der Waals surface area contributed by atoms with Gasteiger partial charge in [-0.1, -0.05) is 103 Å². The van der Waals surface area contributed by atoms with Crippen molar-refractivity contribution in [1.82, 2.24) is 0 Å². The third-order valence-electron chi connectivity index (χ3n) is 7.60. The SMILES string of the molecule is C=O.CCC(O)c1ccc(F)cc1.CO.CO.Cc1ccc(-c2ccc(C3CS(=O)(=O)N3c3ccc(-c4ccccc4)cc3)c(O)c2)cc1.S. The van der Waals surface area contributed by atoms with Gasteiger partial charge in [-0.05, 0) is 71.5 Å². The van der Waals surface area contributed by atoms with Crippen molar-refractivity contribution >= 4 is 36.0 Å². The molecule has 1 aliphatic rings. The molecule has 2 atom stereocenters. The maximum atomic E-state index is 12.6. The van der Waals surface area contributed by atoms with Crippen molar-refractivity contribution in [3.63, 3.8) is 0 Å². The summed E-state index contributed by atoms with van der Waals surface area (Å²) in [6.45, 7) is 5.91. The van der Waals surface area contributed by atoms with E-state index in [-0.39, 0.29) is 30.8 Å². The van der Waals surface area contributed by atoms with Gasteiger partial charge in [-0.25, -0.2) is 12.8 Å². The fourth-order valence-corrected chi connectivity index (χ4v) is 6.76. The van der Waals surface area contributed by atoms with E-state index in [2.05, 4.69) is 0 Å². The second kappa shape index (κ2) is 21.5. The van der Waals surface area contributed by atoms with Crippen LogP contribution < -0.4 is 4.31 Å². The van der Waals surface area contributed by atoms with Crippen LogP contribution in [0.3, 0.4) is 0 Å². The molecule has 50 heavy (non-hydrogen) atoms. The number of hydrogen-bond acceptors (Lipinski definition) is 7. The molecule has 0 aromatic heterocycles. The summed E-state index contributed by atoms with van der Waals surface area (Å²) in [4.78, 5) is 8.00. The van der Waals surface area contributed by atoms with Crippen molar-refractivity contribution in [3.05, 3.63) is 144 Å². The van der Waals surface area contributed by atoms with Crippen LogP contribution in [-0.4, -0.2) is 55.6 Å². The summed E-state index contributed by atoms with van der Waals surface area (Å²) in [5.74, 6) is -0.184. The molecule has 4 N–H and O–H groups in total. The van der Waals surface area contributed by atoms with Gasteiger partial charge < -0.3 is 25.2 Å². The molecule has 1 saturated heterocycles. The Hall–Kier alpha value is -4.52. The Morgan fingerprint density at radius 2 is 1.24 bits per heavy atom. The molecule has 11 heteroatoms. The Kier molecular flexibility index (Phi) is 18.7.